The van der Waals surface area contributed by atoms with Gasteiger partial charge in [0, 0.05) is 11.1 Å². The van der Waals surface area contributed by atoms with Crippen molar-refractivity contribution in [2.45, 2.75) is 74.8 Å². The standard InChI is InChI=1S/C16H31N/c1-11-13(15(5,6)7)17-12(14(2,3)4)10-16(11,8)9/h11-12H,10H2,1-9H3/t11-,12?/m0/s1. The Morgan fingerprint density at radius 3 is 1.88 bits per heavy atom. The number of rotatable bonds is 0. The van der Waals surface area contributed by atoms with E-state index in [-0.39, 0.29) is 10.8 Å². The van der Waals surface area contributed by atoms with E-state index in [0.717, 1.165) is 0 Å². The molecular formula is C16H31N. The van der Waals surface area contributed by atoms with Gasteiger partial charge in [-0.05, 0) is 23.2 Å². The summed E-state index contributed by atoms with van der Waals surface area (Å²) < 4.78 is 0. The van der Waals surface area contributed by atoms with Crippen molar-refractivity contribution in [3.05, 3.63) is 0 Å². The Labute approximate surface area is 108 Å². The van der Waals surface area contributed by atoms with Crippen molar-refractivity contribution >= 4 is 5.71 Å². The minimum Gasteiger partial charge on any atom is -0.289 e. The number of hydrogen-bond acceptors (Lipinski definition) is 1. The summed E-state index contributed by atoms with van der Waals surface area (Å²) in [4.78, 5) is 5.12. The topological polar surface area (TPSA) is 12.4 Å². The summed E-state index contributed by atoms with van der Waals surface area (Å²) in [7, 11) is 0. The highest BCUT2D eigenvalue weighted by atomic mass is 14.9. The zero-order valence-electron chi connectivity index (χ0n) is 13.3. The minimum atomic E-state index is 0.195. The SMILES string of the molecule is C[C@H]1C(C(C)(C)C)=NC(C(C)(C)C)CC1(C)C. The Balaban J connectivity index is 3.21. The Morgan fingerprint density at radius 2 is 1.53 bits per heavy atom. The van der Waals surface area contributed by atoms with E-state index < -0.39 is 0 Å². The summed E-state index contributed by atoms with van der Waals surface area (Å²) in [6, 6.07) is 0.461. The summed E-state index contributed by atoms with van der Waals surface area (Å²) in [6.45, 7) is 21.0. The van der Waals surface area contributed by atoms with Crippen LogP contribution in [0.25, 0.3) is 0 Å². The predicted molar refractivity (Wildman–Crippen MR) is 77.7 cm³/mol. The van der Waals surface area contributed by atoms with Gasteiger partial charge in [-0.1, -0.05) is 62.3 Å². The van der Waals surface area contributed by atoms with Crippen LogP contribution in [0.2, 0.25) is 0 Å². The maximum Gasteiger partial charge on any atom is 0.0552 e. The molecule has 0 aliphatic carbocycles. The maximum absolute atomic E-state index is 5.12. The number of nitrogens with zero attached hydrogens (tertiary/aromatic N) is 1. The highest BCUT2D eigenvalue weighted by Gasteiger charge is 2.43. The molecule has 0 N–H and O–H groups in total. The molecule has 0 radical (unpaired) electrons. The first-order chi connectivity index (χ1) is 7.36. The molecule has 0 bridgehead atoms. The summed E-state index contributed by atoms with van der Waals surface area (Å²) in [5.74, 6) is 0.584. The zero-order valence-corrected chi connectivity index (χ0v) is 13.3. The molecule has 1 nitrogen and oxygen atoms in total. The van der Waals surface area contributed by atoms with Crippen molar-refractivity contribution in [1.82, 2.24) is 0 Å². The van der Waals surface area contributed by atoms with Gasteiger partial charge in [0.25, 0.3) is 0 Å². The van der Waals surface area contributed by atoms with Gasteiger partial charge in [0.1, 0.15) is 0 Å². The lowest BCUT2D eigenvalue weighted by Gasteiger charge is -2.47. The van der Waals surface area contributed by atoms with E-state index in [2.05, 4.69) is 62.3 Å². The molecule has 0 saturated heterocycles. The molecule has 0 aromatic rings. The lowest BCUT2D eigenvalue weighted by atomic mass is 9.63. The van der Waals surface area contributed by atoms with Gasteiger partial charge in [0.15, 0.2) is 0 Å². The largest absolute Gasteiger partial charge is 0.289 e. The van der Waals surface area contributed by atoms with Crippen LogP contribution in [0.1, 0.15) is 68.7 Å². The van der Waals surface area contributed by atoms with Crippen molar-refractivity contribution in [2.24, 2.45) is 27.2 Å². The van der Waals surface area contributed by atoms with Gasteiger partial charge in [0.2, 0.25) is 0 Å². The van der Waals surface area contributed by atoms with Crippen molar-refractivity contribution in [3.63, 3.8) is 0 Å². The fourth-order valence-corrected chi connectivity index (χ4v) is 2.71. The van der Waals surface area contributed by atoms with Gasteiger partial charge in [-0.25, -0.2) is 0 Å². The van der Waals surface area contributed by atoms with E-state index >= 15 is 0 Å². The first-order valence-electron chi connectivity index (χ1n) is 6.94. The molecule has 1 unspecified atom stereocenters. The normalized spacial score (nSPS) is 30.1. The summed E-state index contributed by atoms with van der Waals surface area (Å²) in [5.41, 5.74) is 2.24. The Hall–Kier alpha value is -0.330. The van der Waals surface area contributed by atoms with Gasteiger partial charge in [-0.3, -0.25) is 4.99 Å². The highest BCUT2D eigenvalue weighted by molar-refractivity contribution is 5.92. The summed E-state index contributed by atoms with van der Waals surface area (Å²) >= 11 is 0. The van der Waals surface area contributed by atoms with E-state index in [1.807, 2.05) is 0 Å². The lowest BCUT2D eigenvalue weighted by molar-refractivity contribution is 0.163. The molecule has 0 amide bonds. The second kappa shape index (κ2) is 4.10. The maximum atomic E-state index is 5.12. The Kier molecular flexibility index (Phi) is 3.55. The predicted octanol–water partition coefficient (Wildman–Crippen LogP) is 4.95. The van der Waals surface area contributed by atoms with Gasteiger partial charge >= 0.3 is 0 Å². The molecule has 0 fully saturated rings. The van der Waals surface area contributed by atoms with Crippen LogP contribution in [0.5, 0.6) is 0 Å². The van der Waals surface area contributed by atoms with E-state index in [9.17, 15) is 0 Å². The third-order valence-corrected chi connectivity index (χ3v) is 4.36. The molecule has 0 aromatic heterocycles. The highest BCUT2D eigenvalue weighted by Crippen LogP contribution is 2.45. The van der Waals surface area contributed by atoms with E-state index in [1.54, 1.807) is 0 Å². The van der Waals surface area contributed by atoms with E-state index in [0.29, 0.717) is 17.4 Å². The third-order valence-electron chi connectivity index (χ3n) is 4.36. The number of aliphatic imine (C=N–C) groups is 1. The second-order valence-electron chi connectivity index (χ2n) is 8.56. The molecule has 2 atom stereocenters. The average molecular weight is 237 g/mol. The first kappa shape index (κ1) is 14.7. The molecule has 1 rings (SSSR count). The zero-order chi connectivity index (χ0) is 13.6. The van der Waals surface area contributed by atoms with Crippen LogP contribution < -0.4 is 0 Å². The lowest BCUT2D eigenvalue weighted by Crippen LogP contribution is -2.45. The van der Waals surface area contributed by atoms with Gasteiger partial charge < -0.3 is 0 Å². The second-order valence-corrected chi connectivity index (χ2v) is 8.56. The molecule has 1 heterocycles. The van der Waals surface area contributed by atoms with E-state index in [1.165, 1.54) is 12.1 Å². The van der Waals surface area contributed by atoms with Gasteiger partial charge in [-0.15, -0.1) is 0 Å². The van der Waals surface area contributed by atoms with Crippen LogP contribution in [0, 0.1) is 22.2 Å². The van der Waals surface area contributed by atoms with Crippen molar-refractivity contribution < 1.29 is 0 Å². The molecule has 1 aliphatic heterocycles. The van der Waals surface area contributed by atoms with Gasteiger partial charge in [0.05, 0.1) is 6.04 Å². The first-order valence-corrected chi connectivity index (χ1v) is 6.94. The van der Waals surface area contributed by atoms with Crippen LogP contribution in [-0.4, -0.2) is 11.8 Å². The van der Waals surface area contributed by atoms with Crippen LogP contribution >= 0.6 is 0 Å². The van der Waals surface area contributed by atoms with E-state index in [4.69, 9.17) is 4.99 Å². The molecule has 17 heavy (non-hydrogen) atoms. The summed E-state index contributed by atoms with van der Waals surface area (Å²) in [6.07, 6.45) is 1.21. The molecule has 0 aromatic carbocycles. The van der Waals surface area contributed by atoms with Crippen LogP contribution in [0.15, 0.2) is 4.99 Å². The Bertz CT molecular complexity index is 309. The fraction of sp³-hybridized carbons (Fsp3) is 0.938. The smallest absolute Gasteiger partial charge is 0.0552 e. The molecule has 1 heteroatoms. The Morgan fingerprint density at radius 1 is 1.06 bits per heavy atom. The average Bonchev–Trinajstić information content (AvgIpc) is 2.05. The van der Waals surface area contributed by atoms with Gasteiger partial charge in [-0.2, -0.15) is 0 Å². The third kappa shape index (κ3) is 3.11. The monoisotopic (exact) mass is 237 g/mol. The molecule has 100 valence electrons. The number of hydrogen-bond donors (Lipinski definition) is 0. The van der Waals surface area contributed by atoms with Crippen LogP contribution in [-0.2, 0) is 0 Å². The fourth-order valence-electron chi connectivity index (χ4n) is 2.71. The molecular weight excluding hydrogens is 206 g/mol. The summed E-state index contributed by atoms with van der Waals surface area (Å²) in [5, 5.41) is 0. The molecule has 0 saturated carbocycles. The van der Waals surface area contributed by atoms with Crippen LogP contribution in [0.4, 0.5) is 0 Å². The van der Waals surface area contributed by atoms with Crippen molar-refractivity contribution in [3.8, 4) is 0 Å². The van der Waals surface area contributed by atoms with Crippen molar-refractivity contribution in [2.75, 3.05) is 0 Å². The molecule has 0 spiro atoms. The molecule has 1 aliphatic rings. The quantitative estimate of drug-likeness (QED) is 0.565. The van der Waals surface area contributed by atoms with Crippen molar-refractivity contribution in [1.29, 1.82) is 0 Å². The minimum absolute atomic E-state index is 0.195. The van der Waals surface area contributed by atoms with Crippen LogP contribution in [0.3, 0.4) is 0 Å².